The summed E-state index contributed by atoms with van der Waals surface area (Å²) in [4.78, 5) is 22.5. The van der Waals surface area contributed by atoms with Crippen LogP contribution in [0.1, 0.15) is 96.8 Å². The van der Waals surface area contributed by atoms with E-state index in [4.69, 9.17) is 5.11 Å². The molecular formula is C20H38O4. The fourth-order valence-corrected chi connectivity index (χ4v) is 3.00. The van der Waals surface area contributed by atoms with E-state index in [2.05, 4.69) is 6.92 Å². The normalized spacial score (nSPS) is 13.6. The van der Waals surface area contributed by atoms with Crippen molar-refractivity contribution in [2.45, 2.75) is 103 Å². The fourth-order valence-electron chi connectivity index (χ4n) is 3.00. The Morgan fingerprint density at radius 3 is 1.62 bits per heavy atom. The van der Waals surface area contributed by atoms with Gasteiger partial charge in [-0.2, -0.15) is 0 Å². The molecule has 0 aliphatic carbocycles. The van der Waals surface area contributed by atoms with Crippen molar-refractivity contribution in [2.75, 3.05) is 6.61 Å². The molecule has 0 fully saturated rings. The maximum Gasteiger partial charge on any atom is 0.173 e. The van der Waals surface area contributed by atoms with E-state index in [1.807, 2.05) is 0 Å². The van der Waals surface area contributed by atoms with Gasteiger partial charge < -0.3 is 15.0 Å². The number of ketones is 1. The zero-order valence-electron chi connectivity index (χ0n) is 15.5. The van der Waals surface area contributed by atoms with Gasteiger partial charge in [-0.15, -0.1) is 0 Å². The Labute approximate surface area is 148 Å². The van der Waals surface area contributed by atoms with Gasteiger partial charge in [0.25, 0.3) is 0 Å². The number of unbranched alkanes of at least 4 members (excludes halogenated alkanes) is 12. The highest BCUT2D eigenvalue weighted by molar-refractivity contribution is 5.96. The molecule has 0 radical (unpaired) electrons. The Hall–Kier alpha value is -0.740. The van der Waals surface area contributed by atoms with Crippen LogP contribution in [0.3, 0.4) is 0 Å². The molecule has 2 atom stereocenters. The third kappa shape index (κ3) is 12.7. The number of aliphatic hydroxyl groups excluding tert-OH is 2. The van der Waals surface area contributed by atoms with Crippen LogP contribution >= 0.6 is 0 Å². The number of hydrogen-bond acceptors (Lipinski definition) is 4. The molecule has 0 aliphatic rings. The summed E-state index contributed by atoms with van der Waals surface area (Å²) in [5.74, 6) is -1.31. The summed E-state index contributed by atoms with van der Waals surface area (Å²) >= 11 is 0. The van der Waals surface area contributed by atoms with Crippen molar-refractivity contribution in [3.05, 3.63) is 0 Å². The van der Waals surface area contributed by atoms with E-state index in [1.165, 1.54) is 64.2 Å². The number of hydrogen-bond donors (Lipinski definition) is 2. The Morgan fingerprint density at radius 1 is 0.833 bits per heavy atom. The van der Waals surface area contributed by atoms with Crippen LogP contribution in [0.5, 0.6) is 0 Å². The van der Waals surface area contributed by atoms with Crippen LogP contribution in [0, 0.1) is 5.92 Å². The van der Waals surface area contributed by atoms with Crippen LogP contribution in [0.25, 0.3) is 0 Å². The predicted octanol–water partition coefficient (Wildman–Crippen LogP) is 4.21. The number of Topliss-reactive ketones (excluding diaryl/α,β-unsaturated/α-hetero) is 1. The van der Waals surface area contributed by atoms with Crippen molar-refractivity contribution in [3.8, 4) is 0 Å². The summed E-state index contributed by atoms with van der Waals surface area (Å²) in [6, 6.07) is 0. The number of aliphatic hydroxyl groups is 2. The second kappa shape index (κ2) is 17.1. The molecule has 0 amide bonds. The number of carbonyl (C=O) groups excluding carboxylic acids is 2. The second-order valence-corrected chi connectivity index (χ2v) is 6.87. The third-order valence-electron chi connectivity index (χ3n) is 4.65. The molecule has 0 bridgehead atoms. The smallest absolute Gasteiger partial charge is 0.173 e. The van der Waals surface area contributed by atoms with Gasteiger partial charge in [0, 0.05) is 0 Å². The highest BCUT2D eigenvalue weighted by Gasteiger charge is 2.23. The molecule has 142 valence electrons. The average molecular weight is 343 g/mol. The van der Waals surface area contributed by atoms with Crippen LogP contribution in [0.4, 0.5) is 0 Å². The van der Waals surface area contributed by atoms with Crippen LogP contribution in [-0.4, -0.2) is 35.0 Å². The summed E-state index contributed by atoms with van der Waals surface area (Å²) in [6.45, 7) is 1.64. The first-order valence-corrected chi connectivity index (χ1v) is 9.95. The van der Waals surface area contributed by atoms with E-state index in [-0.39, 0.29) is 0 Å². The van der Waals surface area contributed by atoms with Crippen LogP contribution in [-0.2, 0) is 9.59 Å². The number of rotatable bonds is 18. The minimum Gasteiger partial charge on any atom is -0.393 e. The molecule has 0 aliphatic heterocycles. The molecule has 0 spiro atoms. The molecule has 0 aromatic rings. The number of aldehydes is 1. The molecule has 0 heterocycles. The van der Waals surface area contributed by atoms with E-state index in [0.717, 1.165) is 19.3 Å². The van der Waals surface area contributed by atoms with Crippen molar-refractivity contribution >= 4 is 12.1 Å². The van der Waals surface area contributed by atoms with Crippen molar-refractivity contribution < 1.29 is 19.8 Å². The lowest BCUT2D eigenvalue weighted by atomic mass is 9.94. The Kier molecular flexibility index (Phi) is 16.6. The molecular weight excluding hydrogens is 304 g/mol. The highest BCUT2D eigenvalue weighted by atomic mass is 16.3. The average Bonchev–Trinajstić information content (AvgIpc) is 2.61. The first-order chi connectivity index (χ1) is 11.7. The molecule has 0 rings (SSSR count). The Morgan fingerprint density at radius 2 is 1.25 bits per heavy atom. The van der Waals surface area contributed by atoms with Crippen molar-refractivity contribution in [2.24, 2.45) is 5.92 Å². The van der Waals surface area contributed by atoms with Crippen molar-refractivity contribution in [1.82, 2.24) is 0 Å². The van der Waals surface area contributed by atoms with Crippen LogP contribution in [0.15, 0.2) is 0 Å². The van der Waals surface area contributed by atoms with Gasteiger partial charge in [0.2, 0.25) is 0 Å². The molecule has 4 nitrogen and oxygen atoms in total. The quantitative estimate of drug-likeness (QED) is 0.222. The zero-order chi connectivity index (χ0) is 18.0. The number of carbonyl (C=O) groups is 2. The van der Waals surface area contributed by atoms with Gasteiger partial charge >= 0.3 is 0 Å². The monoisotopic (exact) mass is 342 g/mol. The maximum atomic E-state index is 11.6. The lowest BCUT2D eigenvalue weighted by molar-refractivity contribution is -0.136. The van der Waals surface area contributed by atoms with Gasteiger partial charge in [-0.1, -0.05) is 90.4 Å². The van der Waals surface area contributed by atoms with Gasteiger partial charge in [0.05, 0.1) is 12.5 Å². The first-order valence-electron chi connectivity index (χ1n) is 9.95. The minimum absolute atomic E-state index is 0.483. The van der Waals surface area contributed by atoms with E-state index in [0.29, 0.717) is 12.7 Å². The largest absolute Gasteiger partial charge is 0.393 e. The van der Waals surface area contributed by atoms with E-state index >= 15 is 0 Å². The summed E-state index contributed by atoms with van der Waals surface area (Å²) in [5, 5.41) is 18.0. The minimum atomic E-state index is -1.41. The van der Waals surface area contributed by atoms with Gasteiger partial charge in [-0.25, -0.2) is 0 Å². The molecule has 0 aromatic heterocycles. The summed E-state index contributed by atoms with van der Waals surface area (Å²) in [6.07, 6.45) is 16.0. The molecule has 2 unspecified atom stereocenters. The first kappa shape index (κ1) is 23.3. The third-order valence-corrected chi connectivity index (χ3v) is 4.65. The topological polar surface area (TPSA) is 74.6 Å². The molecule has 24 heavy (non-hydrogen) atoms. The maximum absolute atomic E-state index is 11.6. The Bertz CT molecular complexity index is 304. The van der Waals surface area contributed by atoms with Crippen LogP contribution in [0.2, 0.25) is 0 Å². The SMILES string of the molecule is CCCCCCCCCCCCCCCC(C=O)C(=O)C(O)CO. The van der Waals surface area contributed by atoms with Crippen LogP contribution < -0.4 is 0 Å². The van der Waals surface area contributed by atoms with E-state index < -0.39 is 24.4 Å². The Balaban J connectivity index is 3.41. The zero-order valence-corrected chi connectivity index (χ0v) is 15.5. The molecule has 0 aromatic carbocycles. The molecule has 0 saturated carbocycles. The van der Waals surface area contributed by atoms with Crippen molar-refractivity contribution in [1.29, 1.82) is 0 Å². The molecule has 0 saturated heterocycles. The summed E-state index contributed by atoms with van der Waals surface area (Å²) in [7, 11) is 0. The van der Waals surface area contributed by atoms with Crippen molar-refractivity contribution in [3.63, 3.8) is 0 Å². The van der Waals surface area contributed by atoms with E-state index in [1.54, 1.807) is 0 Å². The van der Waals surface area contributed by atoms with E-state index in [9.17, 15) is 14.7 Å². The second-order valence-electron chi connectivity index (χ2n) is 6.87. The van der Waals surface area contributed by atoms with Gasteiger partial charge in [0.15, 0.2) is 5.78 Å². The van der Waals surface area contributed by atoms with Gasteiger partial charge in [-0.3, -0.25) is 4.79 Å². The lowest BCUT2D eigenvalue weighted by Gasteiger charge is -2.12. The summed E-state index contributed by atoms with van der Waals surface area (Å²) < 4.78 is 0. The molecule has 2 N–H and O–H groups in total. The van der Waals surface area contributed by atoms with Gasteiger partial charge in [-0.05, 0) is 6.42 Å². The summed E-state index contributed by atoms with van der Waals surface area (Å²) in [5.41, 5.74) is 0. The predicted molar refractivity (Wildman–Crippen MR) is 98.0 cm³/mol. The fraction of sp³-hybridized carbons (Fsp3) is 0.900. The highest BCUT2D eigenvalue weighted by Crippen LogP contribution is 2.15. The van der Waals surface area contributed by atoms with Gasteiger partial charge in [0.1, 0.15) is 12.4 Å². The molecule has 4 heteroatoms. The standard InChI is InChI=1S/C20H38O4/c1-2-3-4-5-6-7-8-9-10-11-12-13-14-15-18(16-21)20(24)19(23)17-22/h16,18-19,22-23H,2-15,17H2,1H3. The lowest BCUT2D eigenvalue weighted by Crippen LogP contribution is -2.31.